The molecule has 0 aliphatic carbocycles. The first kappa shape index (κ1) is 21.9. The van der Waals surface area contributed by atoms with Crippen LogP contribution in [0.1, 0.15) is 15.9 Å². The number of methoxy groups -OCH3 is 1. The molecule has 30 heavy (non-hydrogen) atoms. The molecule has 1 aliphatic heterocycles. The molecule has 3 rings (SSSR count). The van der Waals surface area contributed by atoms with Crippen LogP contribution in [0.15, 0.2) is 47.4 Å². The number of carbonyl (C=O) groups is 4. The summed E-state index contributed by atoms with van der Waals surface area (Å²) < 4.78 is 9.82. The number of amides is 2. The number of ether oxygens (including phenoxy) is 2. The van der Waals surface area contributed by atoms with Gasteiger partial charge in [0.05, 0.1) is 22.6 Å². The third-order valence-corrected chi connectivity index (χ3v) is 5.36. The molecule has 2 aromatic rings. The van der Waals surface area contributed by atoms with Gasteiger partial charge in [-0.1, -0.05) is 35.3 Å². The summed E-state index contributed by atoms with van der Waals surface area (Å²) in [6.07, 6.45) is 1.47. The van der Waals surface area contributed by atoms with Crippen molar-refractivity contribution in [3.63, 3.8) is 0 Å². The van der Waals surface area contributed by atoms with E-state index in [0.717, 1.165) is 4.90 Å². The lowest BCUT2D eigenvalue weighted by molar-refractivity contribution is -0.143. The smallest absolute Gasteiger partial charge is 0.345 e. The largest absolute Gasteiger partial charge is 0.468 e. The molecule has 10 heteroatoms. The Kier molecular flexibility index (Phi) is 6.81. The third kappa shape index (κ3) is 5.02. The molecule has 7 nitrogen and oxygen atoms in total. The summed E-state index contributed by atoms with van der Waals surface area (Å²) in [5.41, 5.74) is 0.668. The number of thioether (sulfide) groups is 1. The van der Waals surface area contributed by atoms with Crippen molar-refractivity contribution < 1.29 is 28.7 Å². The Balaban J connectivity index is 1.77. The Bertz CT molecular complexity index is 1080. The molecule has 0 unspecified atom stereocenters. The van der Waals surface area contributed by atoms with E-state index in [4.69, 9.17) is 27.9 Å². The SMILES string of the molecule is COC(=O)CN1C(=O)S/C(=C\c2cccc(OC(=O)c3ccc(Cl)cc3Cl)c2)C1=O. The van der Waals surface area contributed by atoms with Crippen molar-refractivity contribution in [2.45, 2.75) is 0 Å². The molecule has 1 aliphatic rings. The lowest BCUT2D eigenvalue weighted by atomic mass is 10.2. The minimum atomic E-state index is -0.701. The number of nitrogens with zero attached hydrogens (tertiary/aromatic N) is 1. The van der Waals surface area contributed by atoms with Gasteiger partial charge < -0.3 is 9.47 Å². The quantitative estimate of drug-likeness (QED) is 0.366. The fraction of sp³-hybridized carbons (Fsp3) is 0.100. The van der Waals surface area contributed by atoms with Crippen molar-refractivity contribution in [1.29, 1.82) is 0 Å². The van der Waals surface area contributed by atoms with Gasteiger partial charge in [-0.05, 0) is 53.7 Å². The van der Waals surface area contributed by atoms with Gasteiger partial charge in [-0.15, -0.1) is 0 Å². The van der Waals surface area contributed by atoms with Crippen LogP contribution >= 0.6 is 35.0 Å². The number of esters is 2. The van der Waals surface area contributed by atoms with E-state index in [-0.39, 0.29) is 21.2 Å². The van der Waals surface area contributed by atoms with Gasteiger partial charge in [0.2, 0.25) is 0 Å². The average Bonchev–Trinajstić information content (AvgIpc) is 2.95. The normalized spacial score (nSPS) is 14.9. The second-order valence-corrected chi connectivity index (χ2v) is 7.77. The summed E-state index contributed by atoms with van der Waals surface area (Å²) in [5.74, 6) is -1.76. The van der Waals surface area contributed by atoms with Gasteiger partial charge >= 0.3 is 11.9 Å². The van der Waals surface area contributed by atoms with Gasteiger partial charge in [-0.25, -0.2) is 4.79 Å². The van der Waals surface area contributed by atoms with Crippen molar-refractivity contribution in [2.24, 2.45) is 0 Å². The van der Waals surface area contributed by atoms with E-state index in [1.165, 1.54) is 37.5 Å². The second kappa shape index (κ2) is 9.34. The lowest BCUT2D eigenvalue weighted by Gasteiger charge is -2.09. The summed E-state index contributed by atoms with van der Waals surface area (Å²) in [4.78, 5) is 49.0. The number of imide groups is 1. The minimum Gasteiger partial charge on any atom is -0.468 e. The fourth-order valence-corrected chi connectivity index (χ4v) is 3.79. The van der Waals surface area contributed by atoms with E-state index in [0.29, 0.717) is 22.3 Å². The van der Waals surface area contributed by atoms with Crippen LogP contribution in [0.4, 0.5) is 4.79 Å². The number of halogens is 2. The van der Waals surface area contributed by atoms with Gasteiger partial charge in [0.15, 0.2) is 0 Å². The van der Waals surface area contributed by atoms with Crippen molar-refractivity contribution in [2.75, 3.05) is 13.7 Å². The van der Waals surface area contributed by atoms with Crippen LogP contribution in [0.2, 0.25) is 10.0 Å². The average molecular weight is 466 g/mol. The molecule has 1 saturated heterocycles. The molecular weight excluding hydrogens is 453 g/mol. The zero-order valence-corrected chi connectivity index (χ0v) is 17.7. The summed E-state index contributed by atoms with van der Waals surface area (Å²) in [7, 11) is 1.17. The van der Waals surface area contributed by atoms with Crippen molar-refractivity contribution in [3.8, 4) is 5.75 Å². The van der Waals surface area contributed by atoms with Crippen LogP contribution in [0.25, 0.3) is 6.08 Å². The summed E-state index contributed by atoms with van der Waals surface area (Å²) in [5, 5.41) is -0.0285. The first-order chi connectivity index (χ1) is 14.3. The van der Waals surface area contributed by atoms with Gasteiger partial charge in [0.25, 0.3) is 11.1 Å². The van der Waals surface area contributed by atoms with E-state index in [1.54, 1.807) is 18.2 Å². The first-order valence-electron chi connectivity index (χ1n) is 8.38. The van der Waals surface area contributed by atoms with Crippen molar-refractivity contribution in [1.82, 2.24) is 4.90 Å². The molecule has 0 N–H and O–H groups in total. The monoisotopic (exact) mass is 465 g/mol. The van der Waals surface area contributed by atoms with Crippen molar-refractivity contribution in [3.05, 3.63) is 68.5 Å². The molecule has 0 aromatic heterocycles. The van der Waals surface area contributed by atoms with Crippen LogP contribution in [-0.4, -0.2) is 41.6 Å². The highest BCUT2D eigenvalue weighted by Crippen LogP contribution is 2.32. The fourth-order valence-electron chi connectivity index (χ4n) is 2.47. The molecular formula is C20H13Cl2NO6S. The van der Waals surface area contributed by atoms with Gasteiger partial charge in [-0.2, -0.15) is 0 Å². The van der Waals surface area contributed by atoms with Gasteiger partial charge in [0.1, 0.15) is 12.3 Å². The summed E-state index contributed by atoms with van der Waals surface area (Å²) in [6, 6.07) is 10.8. The number of hydrogen-bond donors (Lipinski definition) is 0. The van der Waals surface area contributed by atoms with Crippen molar-refractivity contribution >= 4 is 64.1 Å². The molecule has 0 radical (unpaired) electrons. The Morgan fingerprint density at radius 2 is 1.90 bits per heavy atom. The van der Waals surface area contributed by atoms with E-state index in [9.17, 15) is 19.2 Å². The minimum absolute atomic E-state index is 0.133. The maximum atomic E-state index is 12.4. The predicted octanol–water partition coefficient (Wildman–Crippen LogP) is 4.42. The van der Waals surface area contributed by atoms with E-state index in [2.05, 4.69) is 4.74 Å². The van der Waals surface area contributed by atoms with E-state index < -0.39 is 29.6 Å². The van der Waals surface area contributed by atoms with Gasteiger partial charge in [0, 0.05) is 5.02 Å². The maximum Gasteiger partial charge on any atom is 0.345 e. The van der Waals surface area contributed by atoms with E-state index in [1.807, 2.05) is 0 Å². The highest BCUT2D eigenvalue weighted by atomic mass is 35.5. The van der Waals surface area contributed by atoms with Crippen LogP contribution in [0.3, 0.4) is 0 Å². The number of rotatable bonds is 5. The second-order valence-electron chi connectivity index (χ2n) is 5.93. The highest BCUT2D eigenvalue weighted by Gasteiger charge is 2.36. The van der Waals surface area contributed by atoms with Gasteiger partial charge in [-0.3, -0.25) is 19.3 Å². The number of hydrogen-bond acceptors (Lipinski definition) is 7. The Labute approximate surface area is 185 Å². The van der Waals surface area contributed by atoms with Crippen LogP contribution < -0.4 is 4.74 Å². The topological polar surface area (TPSA) is 90.0 Å². The zero-order chi connectivity index (χ0) is 21.8. The van der Waals surface area contributed by atoms with Crippen LogP contribution in [-0.2, 0) is 14.3 Å². The molecule has 154 valence electrons. The molecule has 0 spiro atoms. The zero-order valence-electron chi connectivity index (χ0n) is 15.4. The highest BCUT2D eigenvalue weighted by molar-refractivity contribution is 8.18. The molecule has 0 bridgehead atoms. The maximum absolute atomic E-state index is 12.4. The third-order valence-electron chi connectivity index (χ3n) is 3.91. The molecule has 0 saturated carbocycles. The Morgan fingerprint density at radius 1 is 1.13 bits per heavy atom. The Morgan fingerprint density at radius 3 is 2.60 bits per heavy atom. The standard InChI is InChI=1S/C20H13Cl2NO6S/c1-28-17(24)10-23-18(25)16(30-20(23)27)8-11-3-2-4-13(7-11)29-19(26)14-6-5-12(21)9-15(14)22/h2-9H,10H2,1H3/b16-8-. The first-order valence-corrected chi connectivity index (χ1v) is 9.95. The predicted molar refractivity (Wildman–Crippen MR) is 113 cm³/mol. The summed E-state index contributed by atoms with van der Waals surface area (Å²) in [6.45, 7) is -0.460. The number of carbonyl (C=O) groups excluding carboxylic acids is 4. The Hall–Kier alpha value is -2.81. The van der Waals surface area contributed by atoms with Crippen LogP contribution in [0, 0.1) is 0 Å². The summed E-state index contributed by atoms with van der Waals surface area (Å²) >= 11 is 12.5. The molecule has 2 aromatic carbocycles. The lowest BCUT2D eigenvalue weighted by Crippen LogP contribution is -2.34. The van der Waals surface area contributed by atoms with E-state index >= 15 is 0 Å². The molecule has 2 amide bonds. The number of benzene rings is 2. The molecule has 1 heterocycles. The molecule has 1 fully saturated rings. The van der Waals surface area contributed by atoms with Crippen LogP contribution in [0.5, 0.6) is 5.75 Å². The molecule has 0 atom stereocenters.